The fourth-order valence-electron chi connectivity index (χ4n) is 0.317. The Kier molecular flexibility index (Phi) is 2.34. The highest BCUT2D eigenvalue weighted by atomic mass is 32.1. The second-order valence-electron chi connectivity index (χ2n) is 1.28. The number of thiophene rings is 1. The van der Waals surface area contributed by atoms with Crippen LogP contribution in [0.4, 0.5) is 11.4 Å². The lowest BCUT2D eigenvalue weighted by molar-refractivity contribution is 1.82. The van der Waals surface area contributed by atoms with E-state index < -0.39 is 0 Å². The Morgan fingerprint density at radius 2 is 1.50 bits per heavy atom. The summed E-state index contributed by atoms with van der Waals surface area (Å²) >= 11 is 1.52. The molecule has 0 radical (unpaired) electrons. The molecule has 0 aliphatic rings. The van der Waals surface area contributed by atoms with E-state index in [1.165, 1.54) is 11.3 Å². The maximum absolute atomic E-state index is 5.33. The molecule has 3 heteroatoms. The lowest BCUT2D eigenvalue weighted by Gasteiger charge is -1.82. The molecule has 46 valence electrons. The molecule has 1 heterocycles. The first-order valence-corrected chi connectivity index (χ1v) is 2.82. The van der Waals surface area contributed by atoms with Gasteiger partial charge in [0.1, 0.15) is 0 Å². The van der Waals surface area contributed by atoms with E-state index in [0.29, 0.717) is 11.4 Å². The summed E-state index contributed by atoms with van der Waals surface area (Å²) in [6.45, 7) is 0. The van der Waals surface area contributed by atoms with E-state index in [-0.39, 0.29) is 7.43 Å². The number of hydrogen-bond donors (Lipinski definition) is 2. The van der Waals surface area contributed by atoms with Gasteiger partial charge in [-0.3, -0.25) is 0 Å². The first-order valence-electron chi connectivity index (χ1n) is 1.88. The van der Waals surface area contributed by atoms with Crippen LogP contribution in [0.2, 0.25) is 0 Å². The quantitative estimate of drug-likeness (QED) is 0.559. The lowest BCUT2D eigenvalue weighted by Crippen LogP contribution is -1.87. The lowest BCUT2D eigenvalue weighted by atomic mass is 10.5. The summed E-state index contributed by atoms with van der Waals surface area (Å²) < 4.78 is 0. The van der Waals surface area contributed by atoms with Gasteiger partial charge in [-0.2, -0.15) is 0 Å². The highest BCUT2D eigenvalue weighted by Gasteiger charge is 1.88. The zero-order valence-electron chi connectivity index (χ0n) is 3.72. The molecule has 0 fully saturated rings. The van der Waals surface area contributed by atoms with Crippen LogP contribution in [0.3, 0.4) is 0 Å². The normalized spacial score (nSPS) is 8.00. The molecule has 4 N–H and O–H groups in total. The molecule has 0 bridgehead atoms. The third-order valence-electron chi connectivity index (χ3n) is 0.723. The molecule has 0 aliphatic carbocycles. The number of rotatable bonds is 0. The molecule has 0 atom stereocenters. The topological polar surface area (TPSA) is 52.0 Å². The van der Waals surface area contributed by atoms with E-state index in [2.05, 4.69) is 0 Å². The van der Waals surface area contributed by atoms with E-state index in [9.17, 15) is 0 Å². The SMILES string of the molecule is C.Nc1cscc1N. The van der Waals surface area contributed by atoms with E-state index in [1.807, 2.05) is 10.8 Å². The molecular weight excluding hydrogens is 120 g/mol. The largest absolute Gasteiger partial charge is 0.396 e. The van der Waals surface area contributed by atoms with Gasteiger partial charge in [-0.1, -0.05) is 7.43 Å². The summed E-state index contributed by atoms with van der Waals surface area (Å²) in [5, 5.41) is 3.63. The van der Waals surface area contributed by atoms with E-state index in [0.717, 1.165) is 0 Å². The average Bonchev–Trinajstić information content (AvgIpc) is 1.91. The van der Waals surface area contributed by atoms with Gasteiger partial charge in [0.2, 0.25) is 0 Å². The average molecular weight is 130 g/mol. The van der Waals surface area contributed by atoms with Crippen molar-refractivity contribution in [1.29, 1.82) is 0 Å². The van der Waals surface area contributed by atoms with Crippen molar-refractivity contribution in [2.24, 2.45) is 0 Å². The van der Waals surface area contributed by atoms with Crippen molar-refractivity contribution >= 4 is 22.7 Å². The summed E-state index contributed by atoms with van der Waals surface area (Å²) in [5.41, 5.74) is 12.0. The highest BCUT2D eigenvalue weighted by Crippen LogP contribution is 2.17. The smallest absolute Gasteiger partial charge is 0.0656 e. The zero-order valence-corrected chi connectivity index (χ0v) is 4.53. The van der Waals surface area contributed by atoms with Gasteiger partial charge in [-0.25, -0.2) is 0 Å². The maximum Gasteiger partial charge on any atom is 0.0656 e. The van der Waals surface area contributed by atoms with Crippen molar-refractivity contribution in [3.8, 4) is 0 Å². The molecule has 0 spiro atoms. The molecular formula is C5H10N2S. The molecule has 0 aliphatic heterocycles. The van der Waals surface area contributed by atoms with Gasteiger partial charge in [0.05, 0.1) is 11.4 Å². The van der Waals surface area contributed by atoms with Crippen molar-refractivity contribution in [3.05, 3.63) is 10.8 Å². The Morgan fingerprint density at radius 1 is 1.12 bits per heavy atom. The fraction of sp³-hybridized carbons (Fsp3) is 0.200. The van der Waals surface area contributed by atoms with Crippen LogP contribution in [0.1, 0.15) is 7.43 Å². The van der Waals surface area contributed by atoms with Crippen molar-refractivity contribution in [1.82, 2.24) is 0 Å². The number of nitrogen functional groups attached to an aromatic ring is 2. The van der Waals surface area contributed by atoms with Crippen molar-refractivity contribution in [2.75, 3.05) is 11.5 Å². The molecule has 1 rings (SSSR count). The van der Waals surface area contributed by atoms with Crippen LogP contribution in [0.15, 0.2) is 10.8 Å². The minimum absolute atomic E-state index is 0. The Balaban J connectivity index is 0.000000490. The zero-order chi connectivity index (χ0) is 5.28. The van der Waals surface area contributed by atoms with Crippen LogP contribution in [0.25, 0.3) is 0 Å². The van der Waals surface area contributed by atoms with Crippen molar-refractivity contribution in [3.63, 3.8) is 0 Å². The monoisotopic (exact) mass is 130 g/mol. The molecule has 0 aromatic carbocycles. The second kappa shape index (κ2) is 2.57. The molecule has 1 aromatic heterocycles. The minimum atomic E-state index is 0. The molecule has 2 nitrogen and oxygen atoms in total. The summed E-state index contributed by atoms with van der Waals surface area (Å²) in [5.74, 6) is 0. The Labute approximate surface area is 53.1 Å². The predicted molar refractivity (Wildman–Crippen MR) is 39.9 cm³/mol. The number of anilines is 2. The van der Waals surface area contributed by atoms with Crippen LogP contribution in [-0.2, 0) is 0 Å². The number of hydrogen-bond acceptors (Lipinski definition) is 3. The summed E-state index contributed by atoms with van der Waals surface area (Å²) in [6.07, 6.45) is 0. The summed E-state index contributed by atoms with van der Waals surface area (Å²) in [7, 11) is 0. The van der Waals surface area contributed by atoms with Crippen molar-refractivity contribution < 1.29 is 0 Å². The van der Waals surface area contributed by atoms with Gasteiger partial charge in [0, 0.05) is 10.8 Å². The van der Waals surface area contributed by atoms with Gasteiger partial charge < -0.3 is 11.5 Å². The van der Waals surface area contributed by atoms with Crippen LogP contribution in [-0.4, -0.2) is 0 Å². The number of nitrogens with two attached hydrogens (primary N) is 2. The van der Waals surface area contributed by atoms with Crippen LogP contribution >= 0.6 is 11.3 Å². The first-order chi connectivity index (χ1) is 3.30. The van der Waals surface area contributed by atoms with Gasteiger partial charge in [0.25, 0.3) is 0 Å². The van der Waals surface area contributed by atoms with Crippen LogP contribution in [0.5, 0.6) is 0 Å². The molecule has 0 amide bonds. The van der Waals surface area contributed by atoms with Crippen LogP contribution < -0.4 is 11.5 Å². The third-order valence-corrected chi connectivity index (χ3v) is 1.50. The van der Waals surface area contributed by atoms with Crippen LogP contribution in [0, 0.1) is 0 Å². The van der Waals surface area contributed by atoms with E-state index in [1.54, 1.807) is 0 Å². The Bertz CT molecular complexity index is 143. The van der Waals surface area contributed by atoms with Gasteiger partial charge in [-0.15, -0.1) is 11.3 Å². The summed E-state index contributed by atoms with van der Waals surface area (Å²) in [6, 6.07) is 0. The predicted octanol–water partition coefficient (Wildman–Crippen LogP) is 1.55. The summed E-state index contributed by atoms with van der Waals surface area (Å²) in [4.78, 5) is 0. The van der Waals surface area contributed by atoms with Gasteiger partial charge >= 0.3 is 0 Å². The van der Waals surface area contributed by atoms with E-state index >= 15 is 0 Å². The van der Waals surface area contributed by atoms with Crippen molar-refractivity contribution in [2.45, 2.75) is 7.43 Å². The highest BCUT2D eigenvalue weighted by molar-refractivity contribution is 7.08. The maximum atomic E-state index is 5.33. The first kappa shape index (κ1) is 7.30. The third kappa shape index (κ3) is 1.13. The molecule has 1 aromatic rings. The second-order valence-corrected chi connectivity index (χ2v) is 2.03. The molecule has 0 saturated carbocycles. The fourth-order valence-corrected chi connectivity index (χ4v) is 0.950. The molecule has 0 unspecified atom stereocenters. The minimum Gasteiger partial charge on any atom is -0.396 e. The molecule has 8 heavy (non-hydrogen) atoms. The van der Waals surface area contributed by atoms with Gasteiger partial charge in [-0.05, 0) is 0 Å². The van der Waals surface area contributed by atoms with Gasteiger partial charge in [0.15, 0.2) is 0 Å². The Hall–Kier alpha value is -0.700. The Morgan fingerprint density at radius 3 is 1.62 bits per heavy atom. The van der Waals surface area contributed by atoms with E-state index in [4.69, 9.17) is 11.5 Å². The molecule has 0 saturated heterocycles. The standard InChI is InChI=1S/C4H6N2S.CH4/c5-3-1-7-2-4(3)6;/h1-2H,5-6H2;1H4.